The van der Waals surface area contributed by atoms with Crippen molar-refractivity contribution in [2.45, 2.75) is 55.8 Å². The molecule has 0 bridgehead atoms. The molecule has 7 N–H and O–H groups in total. The second kappa shape index (κ2) is 6.29. The van der Waals surface area contributed by atoms with E-state index in [-0.39, 0.29) is 17.0 Å². The molecule has 0 unspecified atom stereocenters. The summed E-state index contributed by atoms with van der Waals surface area (Å²) in [6.07, 6.45) is -4.03. The van der Waals surface area contributed by atoms with E-state index in [2.05, 4.69) is 15.3 Å². The van der Waals surface area contributed by atoms with E-state index in [0.717, 1.165) is 0 Å². The molecular weight excluding hydrogens is 390 g/mol. The Kier molecular flexibility index (Phi) is 4.31. The van der Waals surface area contributed by atoms with Crippen LogP contribution in [0.5, 0.6) is 0 Å². The van der Waals surface area contributed by atoms with E-state index in [1.165, 1.54) is 35.6 Å². The summed E-state index contributed by atoms with van der Waals surface area (Å²) in [6, 6.07) is 0. The molecule has 0 aromatic carbocycles. The summed E-state index contributed by atoms with van der Waals surface area (Å²) in [7, 11) is 0. The van der Waals surface area contributed by atoms with Crippen LogP contribution in [0.2, 0.25) is 0 Å². The lowest BCUT2D eigenvalue weighted by atomic mass is 9.85. The summed E-state index contributed by atoms with van der Waals surface area (Å²) in [5.41, 5.74) is -3.63. The maximum Gasteiger partial charge on any atom is 0.346 e. The lowest BCUT2D eigenvalue weighted by molar-refractivity contribution is -0.807. The zero-order valence-corrected chi connectivity index (χ0v) is 15.5. The van der Waals surface area contributed by atoms with E-state index in [9.17, 15) is 35.4 Å². The molecule has 158 valence electrons. The molecule has 2 aromatic heterocycles. The number of hydrogen-bond donors (Lipinski definition) is 7. The SMILES string of the molecule is C[C@]1(C(=O)O)Nc2c3ncn([C@@H]4O[C@H](CO)[C@@H](O)[C@H]4O)c3nc[n+]2[C@](C)(O)[C@@H]1O. The molecule has 29 heavy (non-hydrogen) atoms. The van der Waals surface area contributed by atoms with Crippen LogP contribution in [0.25, 0.3) is 11.2 Å². The third kappa shape index (κ3) is 2.56. The summed E-state index contributed by atoms with van der Waals surface area (Å²) in [5, 5.41) is 63.1. The average Bonchev–Trinajstić information content (AvgIpc) is 3.21. The van der Waals surface area contributed by atoms with Crippen molar-refractivity contribution in [1.29, 1.82) is 0 Å². The maximum absolute atomic E-state index is 11.8. The Morgan fingerprint density at radius 2 is 2.00 bits per heavy atom. The lowest BCUT2D eigenvalue weighted by Gasteiger charge is -2.41. The van der Waals surface area contributed by atoms with Crippen molar-refractivity contribution in [3.8, 4) is 0 Å². The number of aliphatic hydroxyl groups excluding tert-OH is 4. The number of anilines is 1. The van der Waals surface area contributed by atoms with Gasteiger partial charge < -0.3 is 35.4 Å². The zero-order valence-electron chi connectivity index (χ0n) is 15.5. The number of aromatic nitrogens is 4. The van der Waals surface area contributed by atoms with Crippen LogP contribution >= 0.6 is 0 Å². The number of nitrogens with zero attached hydrogens (tertiary/aromatic N) is 4. The minimum atomic E-state index is -2.01. The first kappa shape index (κ1) is 19.9. The van der Waals surface area contributed by atoms with E-state index in [0.29, 0.717) is 0 Å². The van der Waals surface area contributed by atoms with E-state index in [4.69, 9.17) is 4.74 Å². The smallest absolute Gasteiger partial charge is 0.346 e. The molecule has 0 radical (unpaired) electrons. The van der Waals surface area contributed by atoms with Gasteiger partial charge in [-0.15, -0.1) is 0 Å². The number of ether oxygens (including phenoxy) is 1. The molecule has 0 saturated carbocycles. The van der Waals surface area contributed by atoms with Crippen LogP contribution in [0.15, 0.2) is 12.7 Å². The van der Waals surface area contributed by atoms with Crippen molar-refractivity contribution < 1.29 is 44.7 Å². The van der Waals surface area contributed by atoms with Gasteiger partial charge in [0.2, 0.25) is 23.2 Å². The number of carboxylic acids is 1. The molecule has 4 heterocycles. The molecular formula is C16H22N5O8+. The van der Waals surface area contributed by atoms with E-state index >= 15 is 0 Å². The van der Waals surface area contributed by atoms with Crippen molar-refractivity contribution in [3.05, 3.63) is 12.7 Å². The molecule has 2 aliphatic rings. The summed E-state index contributed by atoms with van der Waals surface area (Å²) < 4.78 is 7.99. The third-order valence-electron chi connectivity index (χ3n) is 5.69. The Bertz CT molecular complexity index is 980. The Morgan fingerprint density at radius 3 is 2.59 bits per heavy atom. The first-order valence-electron chi connectivity index (χ1n) is 8.86. The molecule has 0 aliphatic carbocycles. The van der Waals surface area contributed by atoms with E-state index < -0.39 is 54.5 Å². The molecule has 0 spiro atoms. The highest BCUT2D eigenvalue weighted by Gasteiger charge is 2.60. The van der Waals surface area contributed by atoms with Gasteiger partial charge in [0.15, 0.2) is 17.8 Å². The van der Waals surface area contributed by atoms with Gasteiger partial charge in [-0.1, -0.05) is 4.98 Å². The molecule has 1 fully saturated rings. The van der Waals surface area contributed by atoms with Crippen LogP contribution < -0.4 is 9.88 Å². The Morgan fingerprint density at radius 1 is 1.31 bits per heavy atom. The van der Waals surface area contributed by atoms with Gasteiger partial charge in [0, 0.05) is 6.92 Å². The number of aliphatic hydroxyl groups is 5. The molecule has 13 heteroatoms. The zero-order chi connectivity index (χ0) is 21.3. The molecule has 4 rings (SSSR count). The molecule has 13 nitrogen and oxygen atoms in total. The normalized spacial score (nSPS) is 39.3. The number of hydrogen-bond acceptors (Lipinski definition) is 10. The van der Waals surface area contributed by atoms with Crippen molar-refractivity contribution in [2.75, 3.05) is 11.9 Å². The van der Waals surface area contributed by atoms with Gasteiger partial charge in [0.05, 0.1) is 6.61 Å². The Hall–Kier alpha value is -2.42. The lowest BCUT2D eigenvalue weighted by Crippen LogP contribution is -2.75. The quantitative estimate of drug-likeness (QED) is 0.249. The maximum atomic E-state index is 11.8. The third-order valence-corrected chi connectivity index (χ3v) is 5.69. The van der Waals surface area contributed by atoms with Gasteiger partial charge in [-0.3, -0.25) is 9.88 Å². The van der Waals surface area contributed by atoms with Gasteiger partial charge in [-0.2, -0.15) is 0 Å². The monoisotopic (exact) mass is 412 g/mol. The fourth-order valence-electron chi connectivity index (χ4n) is 3.86. The average molecular weight is 412 g/mol. The van der Waals surface area contributed by atoms with Gasteiger partial charge in [-0.25, -0.2) is 14.3 Å². The number of imidazole rings is 1. The first-order chi connectivity index (χ1) is 13.5. The highest BCUT2D eigenvalue weighted by molar-refractivity contribution is 5.88. The first-order valence-corrected chi connectivity index (χ1v) is 8.86. The van der Waals surface area contributed by atoms with Crippen molar-refractivity contribution >= 4 is 23.0 Å². The molecule has 1 saturated heterocycles. The second-order valence-electron chi connectivity index (χ2n) is 7.65. The Labute approximate surface area is 163 Å². The van der Waals surface area contributed by atoms with Gasteiger partial charge in [-0.05, 0) is 6.92 Å². The molecule has 2 aliphatic heterocycles. The fraction of sp³-hybridized carbons (Fsp3) is 0.625. The number of nitrogens with one attached hydrogen (secondary N) is 1. The number of carbonyl (C=O) groups is 1. The minimum absolute atomic E-state index is 0.0840. The van der Waals surface area contributed by atoms with Crippen LogP contribution in [0.1, 0.15) is 20.1 Å². The van der Waals surface area contributed by atoms with Crippen LogP contribution in [0.3, 0.4) is 0 Å². The molecule has 2 aromatic rings. The Balaban J connectivity index is 1.86. The highest BCUT2D eigenvalue weighted by atomic mass is 16.6. The summed E-state index contributed by atoms with van der Waals surface area (Å²) in [4.78, 5) is 20.2. The summed E-state index contributed by atoms with van der Waals surface area (Å²) >= 11 is 0. The van der Waals surface area contributed by atoms with Gasteiger partial charge >= 0.3 is 5.97 Å². The van der Waals surface area contributed by atoms with Crippen molar-refractivity contribution in [3.63, 3.8) is 0 Å². The molecule has 0 amide bonds. The summed E-state index contributed by atoms with van der Waals surface area (Å²) in [5.74, 6) is -1.30. The highest BCUT2D eigenvalue weighted by Crippen LogP contribution is 2.36. The van der Waals surface area contributed by atoms with Gasteiger partial charge in [0.1, 0.15) is 24.6 Å². The predicted octanol–water partition coefficient (Wildman–Crippen LogP) is -3.37. The van der Waals surface area contributed by atoms with Gasteiger partial charge in [0.25, 0.3) is 5.82 Å². The van der Waals surface area contributed by atoms with Crippen molar-refractivity contribution in [1.82, 2.24) is 14.5 Å². The topological polar surface area (TPSA) is 194 Å². The summed E-state index contributed by atoms with van der Waals surface area (Å²) in [6.45, 7) is 1.98. The van der Waals surface area contributed by atoms with E-state index in [1.807, 2.05) is 0 Å². The second-order valence-corrected chi connectivity index (χ2v) is 7.65. The number of carboxylic acid groups (broad SMARTS) is 1. The van der Waals surface area contributed by atoms with E-state index in [1.54, 1.807) is 0 Å². The van der Waals surface area contributed by atoms with Crippen LogP contribution in [-0.4, -0.2) is 87.7 Å². The largest absolute Gasteiger partial charge is 0.478 e. The van der Waals surface area contributed by atoms with Crippen LogP contribution in [-0.2, 0) is 15.3 Å². The molecule has 7 atom stereocenters. The fourth-order valence-corrected chi connectivity index (χ4v) is 3.86. The number of rotatable bonds is 3. The van der Waals surface area contributed by atoms with Crippen LogP contribution in [0, 0.1) is 0 Å². The van der Waals surface area contributed by atoms with Crippen molar-refractivity contribution in [2.24, 2.45) is 0 Å². The number of aliphatic carboxylic acids is 1. The standard InChI is InChI=1S/C16H21N5O8/c1-15(14(26)27)13(25)16(2,28)21-5-18-10-7(11(21)19-15)17-4-20(10)12-9(24)8(23)6(3-22)29-12/h4-6,8-9,12-13,22-25,28H,3H2,1-2H3,(H,26,27)/p+1/t6-,8-,9-,12-,13-,15+,16-/m1/s1. The predicted molar refractivity (Wildman–Crippen MR) is 92.3 cm³/mol. The minimum Gasteiger partial charge on any atom is -0.478 e. The van der Waals surface area contributed by atoms with Crippen LogP contribution in [0.4, 0.5) is 5.82 Å². The number of fused-ring (bicyclic) bond motifs is 3.